The molecule has 1 aromatic rings. The van der Waals surface area contributed by atoms with Gasteiger partial charge in [0, 0.05) is 13.0 Å². The molecule has 2 rings (SSSR count). The Hall–Kier alpha value is -2.37. The Bertz CT molecular complexity index is 554. The van der Waals surface area contributed by atoms with Crippen molar-refractivity contribution in [3.05, 3.63) is 35.4 Å². The van der Waals surface area contributed by atoms with Gasteiger partial charge in [-0.2, -0.15) is 0 Å². The van der Waals surface area contributed by atoms with Gasteiger partial charge in [-0.3, -0.25) is 4.79 Å². The van der Waals surface area contributed by atoms with E-state index in [9.17, 15) is 9.59 Å². The molecule has 0 spiro atoms. The number of hydrogen-bond donors (Lipinski definition) is 2. The van der Waals surface area contributed by atoms with Gasteiger partial charge in [0.05, 0.1) is 0 Å². The van der Waals surface area contributed by atoms with E-state index in [1.54, 1.807) is 0 Å². The number of aryl methyl sites for hydroxylation is 1. The monoisotopic (exact) mass is 276 g/mol. The highest BCUT2D eigenvalue weighted by atomic mass is 16.6. The molecule has 0 saturated heterocycles. The minimum Gasteiger partial charge on any atom is -0.477 e. The molecule has 0 radical (unpaired) electrons. The van der Waals surface area contributed by atoms with Gasteiger partial charge in [0.15, 0.2) is 5.71 Å². The summed E-state index contributed by atoms with van der Waals surface area (Å²) in [6.45, 7) is 2.50. The first-order chi connectivity index (χ1) is 9.58. The fraction of sp³-hybridized carbons (Fsp3) is 0.357. The number of nitrogens with zero attached hydrogens (tertiary/aromatic N) is 1. The first kappa shape index (κ1) is 14.0. The Kier molecular flexibility index (Phi) is 4.34. The third kappa shape index (κ3) is 3.34. The van der Waals surface area contributed by atoms with Crippen molar-refractivity contribution in [2.45, 2.75) is 25.9 Å². The van der Waals surface area contributed by atoms with E-state index in [-0.39, 0.29) is 18.0 Å². The summed E-state index contributed by atoms with van der Waals surface area (Å²) in [7, 11) is 0. The van der Waals surface area contributed by atoms with E-state index in [1.165, 1.54) is 11.1 Å². The molecule has 0 aliphatic carbocycles. The molecule has 1 unspecified atom stereocenters. The highest BCUT2D eigenvalue weighted by Gasteiger charge is 2.31. The molecule has 0 saturated carbocycles. The first-order valence-electron chi connectivity index (χ1n) is 6.36. The van der Waals surface area contributed by atoms with E-state index in [1.807, 2.05) is 31.2 Å². The smallest absolute Gasteiger partial charge is 0.353 e. The van der Waals surface area contributed by atoms with Crippen LogP contribution in [0.1, 0.15) is 17.5 Å². The Morgan fingerprint density at radius 2 is 2.20 bits per heavy atom. The number of benzene rings is 1. The average Bonchev–Trinajstić information content (AvgIpc) is 2.91. The van der Waals surface area contributed by atoms with Gasteiger partial charge in [-0.25, -0.2) is 4.79 Å². The molecule has 2 N–H and O–H groups in total. The van der Waals surface area contributed by atoms with Crippen molar-refractivity contribution < 1.29 is 19.5 Å². The fourth-order valence-electron chi connectivity index (χ4n) is 1.97. The van der Waals surface area contributed by atoms with Crippen LogP contribution in [0, 0.1) is 6.92 Å². The zero-order valence-electron chi connectivity index (χ0n) is 11.1. The predicted molar refractivity (Wildman–Crippen MR) is 72.5 cm³/mol. The lowest BCUT2D eigenvalue weighted by Crippen LogP contribution is -2.36. The van der Waals surface area contributed by atoms with Crippen LogP contribution in [0.15, 0.2) is 29.4 Å². The molecule has 0 aromatic heterocycles. The lowest BCUT2D eigenvalue weighted by molar-refractivity contribution is -0.131. The minimum absolute atomic E-state index is 0.00549. The largest absolute Gasteiger partial charge is 0.477 e. The van der Waals surface area contributed by atoms with E-state index in [2.05, 4.69) is 10.5 Å². The van der Waals surface area contributed by atoms with Gasteiger partial charge in [-0.15, -0.1) is 0 Å². The van der Waals surface area contributed by atoms with Gasteiger partial charge >= 0.3 is 5.97 Å². The second-order valence-corrected chi connectivity index (χ2v) is 4.61. The lowest BCUT2D eigenvalue weighted by Gasteiger charge is -2.10. The van der Waals surface area contributed by atoms with Crippen molar-refractivity contribution in [1.29, 1.82) is 0 Å². The number of rotatable bonds is 5. The Morgan fingerprint density at radius 1 is 1.45 bits per heavy atom. The van der Waals surface area contributed by atoms with Gasteiger partial charge in [0.2, 0.25) is 6.10 Å². The molecule has 1 aliphatic rings. The Labute approximate surface area is 116 Å². The average molecular weight is 276 g/mol. The SMILES string of the molecule is Cc1ccccc1CCNC(=O)C1CC(C(=O)O)=NO1. The summed E-state index contributed by atoms with van der Waals surface area (Å²) < 4.78 is 0. The lowest BCUT2D eigenvalue weighted by atomic mass is 10.1. The quantitative estimate of drug-likeness (QED) is 0.835. The van der Waals surface area contributed by atoms with Crippen molar-refractivity contribution in [3.8, 4) is 0 Å². The molecule has 1 aromatic carbocycles. The summed E-state index contributed by atoms with van der Waals surface area (Å²) >= 11 is 0. The Morgan fingerprint density at radius 3 is 2.85 bits per heavy atom. The van der Waals surface area contributed by atoms with Crippen LogP contribution in [-0.2, 0) is 20.8 Å². The number of carboxylic acid groups (broad SMARTS) is 1. The van der Waals surface area contributed by atoms with Crippen LogP contribution in [0.25, 0.3) is 0 Å². The minimum atomic E-state index is -1.15. The molecule has 1 atom stereocenters. The van der Waals surface area contributed by atoms with Crippen LogP contribution >= 0.6 is 0 Å². The molecule has 20 heavy (non-hydrogen) atoms. The molecule has 6 heteroatoms. The van der Waals surface area contributed by atoms with Gasteiger partial charge in [-0.1, -0.05) is 29.4 Å². The highest BCUT2D eigenvalue weighted by molar-refractivity contribution is 6.36. The maximum atomic E-state index is 11.8. The molecular weight excluding hydrogens is 260 g/mol. The molecule has 1 heterocycles. The summed E-state index contributed by atoms with van der Waals surface area (Å²) in [5, 5.41) is 14.8. The van der Waals surface area contributed by atoms with Gasteiger partial charge in [0.1, 0.15) is 0 Å². The zero-order chi connectivity index (χ0) is 14.5. The van der Waals surface area contributed by atoms with Crippen LogP contribution in [-0.4, -0.2) is 35.3 Å². The van der Waals surface area contributed by atoms with Gasteiger partial charge in [0.25, 0.3) is 5.91 Å². The number of carboxylic acids is 1. The second kappa shape index (κ2) is 6.18. The van der Waals surface area contributed by atoms with Crippen molar-refractivity contribution in [2.24, 2.45) is 5.16 Å². The third-order valence-electron chi connectivity index (χ3n) is 3.16. The molecule has 1 amide bonds. The van der Waals surface area contributed by atoms with Crippen LogP contribution in [0.2, 0.25) is 0 Å². The predicted octanol–water partition coefficient (Wildman–Crippen LogP) is 0.883. The van der Waals surface area contributed by atoms with E-state index in [0.717, 1.165) is 6.42 Å². The first-order valence-corrected chi connectivity index (χ1v) is 6.36. The maximum Gasteiger partial charge on any atom is 0.353 e. The fourth-order valence-corrected chi connectivity index (χ4v) is 1.97. The van der Waals surface area contributed by atoms with Crippen molar-refractivity contribution in [2.75, 3.05) is 6.54 Å². The van der Waals surface area contributed by atoms with Crippen LogP contribution in [0.4, 0.5) is 0 Å². The van der Waals surface area contributed by atoms with E-state index in [0.29, 0.717) is 6.54 Å². The maximum absolute atomic E-state index is 11.8. The second-order valence-electron chi connectivity index (χ2n) is 4.61. The van der Waals surface area contributed by atoms with Crippen LogP contribution < -0.4 is 5.32 Å². The van der Waals surface area contributed by atoms with Crippen molar-refractivity contribution >= 4 is 17.6 Å². The Balaban J connectivity index is 1.77. The summed E-state index contributed by atoms with van der Waals surface area (Å²) in [6.07, 6.45) is -0.110. The topological polar surface area (TPSA) is 88.0 Å². The number of amides is 1. The van der Waals surface area contributed by atoms with Gasteiger partial charge < -0.3 is 15.3 Å². The van der Waals surface area contributed by atoms with E-state index < -0.39 is 12.1 Å². The summed E-state index contributed by atoms with van der Waals surface area (Å²) in [6, 6.07) is 7.95. The molecular formula is C14H16N2O4. The van der Waals surface area contributed by atoms with Crippen molar-refractivity contribution in [1.82, 2.24) is 5.32 Å². The number of oxime groups is 1. The number of aliphatic carboxylic acids is 1. The molecule has 0 fully saturated rings. The summed E-state index contributed by atoms with van der Waals surface area (Å²) in [5.41, 5.74) is 2.22. The highest BCUT2D eigenvalue weighted by Crippen LogP contribution is 2.11. The van der Waals surface area contributed by atoms with Crippen LogP contribution in [0.3, 0.4) is 0 Å². The third-order valence-corrected chi connectivity index (χ3v) is 3.16. The summed E-state index contributed by atoms with van der Waals surface area (Å²) in [5.74, 6) is -1.49. The molecule has 1 aliphatic heterocycles. The number of nitrogens with one attached hydrogen (secondary N) is 1. The molecule has 0 bridgehead atoms. The summed E-state index contributed by atoms with van der Waals surface area (Å²) in [4.78, 5) is 27.3. The number of carbonyl (C=O) groups is 2. The van der Waals surface area contributed by atoms with E-state index in [4.69, 9.17) is 9.94 Å². The molecule has 106 valence electrons. The van der Waals surface area contributed by atoms with Gasteiger partial charge in [-0.05, 0) is 24.5 Å². The zero-order valence-corrected chi connectivity index (χ0v) is 11.1. The van der Waals surface area contributed by atoms with E-state index >= 15 is 0 Å². The van der Waals surface area contributed by atoms with Crippen LogP contribution in [0.5, 0.6) is 0 Å². The number of hydrogen-bond acceptors (Lipinski definition) is 4. The van der Waals surface area contributed by atoms with Crippen molar-refractivity contribution in [3.63, 3.8) is 0 Å². The molecule has 6 nitrogen and oxygen atoms in total. The normalized spacial score (nSPS) is 17.2. The standard InChI is InChI=1S/C14H16N2O4/c1-9-4-2-3-5-10(9)6-7-15-13(17)12-8-11(14(18)19)16-20-12/h2-5,12H,6-8H2,1H3,(H,15,17)(H,18,19). The number of carbonyl (C=O) groups excluding carboxylic acids is 1.